The maximum Gasteiger partial charge on any atom is 0.262 e. The van der Waals surface area contributed by atoms with Crippen LogP contribution in [0, 0.1) is 13.8 Å². The van der Waals surface area contributed by atoms with Gasteiger partial charge in [-0.2, -0.15) is 0 Å². The van der Waals surface area contributed by atoms with Gasteiger partial charge in [0.15, 0.2) is 17.3 Å². The Morgan fingerprint density at radius 3 is 2.58 bits per heavy atom. The first kappa shape index (κ1) is 22.6. The van der Waals surface area contributed by atoms with Gasteiger partial charge in [0, 0.05) is 15.6 Å². The number of hydrogen-bond acceptors (Lipinski definition) is 5. The third-order valence-corrected chi connectivity index (χ3v) is 5.07. The summed E-state index contributed by atoms with van der Waals surface area (Å²) < 4.78 is 11.2. The van der Waals surface area contributed by atoms with Crippen LogP contribution in [0.3, 0.4) is 0 Å². The van der Waals surface area contributed by atoms with E-state index in [2.05, 4.69) is 9.97 Å². The topological polar surface area (TPSA) is 81.3 Å². The average molecular weight is 459 g/mol. The highest BCUT2D eigenvalue weighted by molar-refractivity contribution is 6.35. The number of ketones is 1. The molecule has 0 saturated carbocycles. The minimum atomic E-state index is -0.457. The quantitative estimate of drug-likeness (QED) is 0.389. The van der Waals surface area contributed by atoms with Crippen LogP contribution in [0.1, 0.15) is 33.0 Å². The van der Waals surface area contributed by atoms with Crippen molar-refractivity contribution in [3.63, 3.8) is 0 Å². The molecule has 0 aliphatic heterocycles. The molecule has 160 valence electrons. The number of aryl methyl sites for hydroxylation is 2. The van der Waals surface area contributed by atoms with E-state index in [0.717, 1.165) is 5.56 Å². The second kappa shape index (κ2) is 9.81. The molecular weight excluding hydrogens is 439 g/mol. The fraction of sp³-hybridized carbons (Fsp3) is 0.174. The maximum atomic E-state index is 12.5. The van der Waals surface area contributed by atoms with Crippen LogP contribution in [0.4, 0.5) is 0 Å². The number of carbonyl (C=O) groups is 1. The summed E-state index contributed by atoms with van der Waals surface area (Å²) >= 11 is 12.1. The van der Waals surface area contributed by atoms with E-state index in [-0.39, 0.29) is 12.2 Å². The molecule has 0 unspecified atom stereocenters. The second-order valence-electron chi connectivity index (χ2n) is 6.74. The number of ether oxygens (including phenoxy) is 2. The molecule has 3 rings (SSSR count). The van der Waals surface area contributed by atoms with Gasteiger partial charge in [0.2, 0.25) is 0 Å². The highest BCUT2D eigenvalue weighted by atomic mass is 35.5. The molecule has 0 amide bonds. The number of allylic oxidation sites excluding steroid dienone is 1. The average Bonchev–Trinajstić information content (AvgIpc) is 2.71. The molecule has 1 heterocycles. The Hall–Kier alpha value is -3.09. The van der Waals surface area contributed by atoms with E-state index in [1.54, 1.807) is 56.3 Å². The number of H-pyrrole nitrogens is 1. The van der Waals surface area contributed by atoms with Crippen molar-refractivity contribution in [2.75, 3.05) is 7.11 Å². The molecule has 0 aliphatic carbocycles. The van der Waals surface area contributed by atoms with Crippen LogP contribution < -0.4 is 15.0 Å². The Balaban J connectivity index is 1.76. The Kier molecular flexibility index (Phi) is 7.15. The summed E-state index contributed by atoms with van der Waals surface area (Å²) in [7, 11) is 1.52. The van der Waals surface area contributed by atoms with Crippen molar-refractivity contribution in [3.05, 3.63) is 91.1 Å². The summed E-state index contributed by atoms with van der Waals surface area (Å²) in [5, 5.41) is 1.07. The van der Waals surface area contributed by atoms with Crippen LogP contribution in [-0.2, 0) is 6.61 Å². The second-order valence-corrected chi connectivity index (χ2v) is 7.59. The number of hydrogen-bond donors (Lipinski definition) is 1. The number of methoxy groups -OCH3 is 1. The first-order valence-electron chi connectivity index (χ1n) is 9.33. The Bertz CT molecular complexity index is 1220. The van der Waals surface area contributed by atoms with E-state index >= 15 is 0 Å². The summed E-state index contributed by atoms with van der Waals surface area (Å²) in [6, 6.07) is 10.4. The zero-order chi connectivity index (χ0) is 22.5. The van der Waals surface area contributed by atoms with Gasteiger partial charge in [0.1, 0.15) is 18.0 Å². The summed E-state index contributed by atoms with van der Waals surface area (Å²) in [5.41, 5.74) is 1.44. The molecule has 8 heteroatoms. The Labute approximate surface area is 189 Å². The SMILES string of the molecule is COc1cc(C=CC(=O)c2c(C)nc(C)[nH]c2=O)ccc1OCc1ccc(Cl)cc1Cl. The zero-order valence-corrected chi connectivity index (χ0v) is 18.7. The maximum absolute atomic E-state index is 12.5. The number of carbonyl (C=O) groups excluding carboxylic acids is 1. The van der Waals surface area contributed by atoms with E-state index in [1.807, 2.05) is 0 Å². The lowest BCUT2D eigenvalue weighted by molar-refractivity contribution is 0.104. The van der Waals surface area contributed by atoms with E-state index < -0.39 is 11.3 Å². The Morgan fingerprint density at radius 1 is 1.13 bits per heavy atom. The number of aromatic nitrogens is 2. The molecule has 0 bridgehead atoms. The number of benzene rings is 2. The Morgan fingerprint density at radius 2 is 1.90 bits per heavy atom. The van der Waals surface area contributed by atoms with Crippen molar-refractivity contribution < 1.29 is 14.3 Å². The van der Waals surface area contributed by atoms with Crippen LogP contribution in [0.2, 0.25) is 10.0 Å². The molecule has 0 fully saturated rings. The van der Waals surface area contributed by atoms with E-state index in [9.17, 15) is 9.59 Å². The largest absolute Gasteiger partial charge is 0.493 e. The van der Waals surface area contributed by atoms with Gasteiger partial charge >= 0.3 is 0 Å². The van der Waals surface area contributed by atoms with Gasteiger partial charge in [0.25, 0.3) is 5.56 Å². The highest BCUT2D eigenvalue weighted by Crippen LogP contribution is 2.30. The third-order valence-electron chi connectivity index (χ3n) is 4.48. The minimum Gasteiger partial charge on any atom is -0.493 e. The van der Waals surface area contributed by atoms with Crippen molar-refractivity contribution in [1.29, 1.82) is 0 Å². The van der Waals surface area contributed by atoms with E-state index in [4.69, 9.17) is 32.7 Å². The van der Waals surface area contributed by atoms with Crippen molar-refractivity contribution in [3.8, 4) is 11.5 Å². The summed E-state index contributed by atoms with van der Waals surface area (Å²) in [6.07, 6.45) is 2.93. The first-order chi connectivity index (χ1) is 14.8. The molecule has 0 aliphatic rings. The number of nitrogens with one attached hydrogen (secondary N) is 1. The number of nitrogens with zero attached hydrogens (tertiary/aromatic N) is 1. The van der Waals surface area contributed by atoms with Crippen LogP contribution in [0.15, 0.2) is 47.3 Å². The van der Waals surface area contributed by atoms with E-state index in [0.29, 0.717) is 38.6 Å². The van der Waals surface area contributed by atoms with Crippen LogP contribution in [-0.4, -0.2) is 22.9 Å². The molecule has 0 saturated heterocycles. The van der Waals surface area contributed by atoms with Crippen molar-refractivity contribution in [2.24, 2.45) is 0 Å². The summed E-state index contributed by atoms with van der Waals surface area (Å²) in [6.45, 7) is 3.53. The van der Waals surface area contributed by atoms with Crippen LogP contribution >= 0.6 is 23.2 Å². The monoisotopic (exact) mass is 458 g/mol. The molecule has 31 heavy (non-hydrogen) atoms. The van der Waals surface area contributed by atoms with Gasteiger partial charge in [-0.15, -0.1) is 0 Å². The standard InChI is InChI=1S/C23H20Cl2N2O4/c1-13-22(23(29)27-14(2)26-13)19(28)8-4-15-5-9-20(21(10-15)30-3)31-12-16-6-7-17(24)11-18(16)25/h4-11H,12H2,1-3H3,(H,26,27,29). The third kappa shape index (κ3) is 5.54. The van der Waals surface area contributed by atoms with Gasteiger partial charge in [-0.3, -0.25) is 9.59 Å². The molecule has 0 spiro atoms. The molecule has 6 nitrogen and oxygen atoms in total. The highest BCUT2D eigenvalue weighted by Gasteiger charge is 2.13. The fourth-order valence-corrected chi connectivity index (χ4v) is 3.44. The van der Waals surface area contributed by atoms with Gasteiger partial charge in [-0.05, 0) is 49.8 Å². The van der Waals surface area contributed by atoms with Crippen LogP contribution in [0.5, 0.6) is 11.5 Å². The van der Waals surface area contributed by atoms with Gasteiger partial charge in [0.05, 0.1) is 12.8 Å². The molecule has 2 aromatic carbocycles. The lowest BCUT2D eigenvalue weighted by Crippen LogP contribution is -2.21. The predicted octanol–water partition coefficient (Wildman–Crippen LogP) is 5.18. The van der Waals surface area contributed by atoms with Gasteiger partial charge < -0.3 is 14.5 Å². The lowest BCUT2D eigenvalue weighted by atomic mass is 10.1. The van der Waals surface area contributed by atoms with E-state index in [1.165, 1.54) is 13.2 Å². The number of halogens is 2. The molecule has 1 N–H and O–H groups in total. The molecule has 1 aromatic heterocycles. The predicted molar refractivity (Wildman–Crippen MR) is 121 cm³/mol. The lowest BCUT2D eigenvalue weighted by Gasteiger charge is -2.12. The van der Waals surface area contributed by atoms with Gasteiger partial charge in [-0.1, -0.05) is 41.4 Å². The number of rotatable bonds is 7. The number of aromatic amines is 1. The zero-order valence-electron chi connectivity index (χ0n) is 17.2. The first-order valence-corrected chi connectivity index (χ1v) is 10.1. The minimum absolute atomic E-state index is 0.0219. The molecule has 3 aromatic rings. The molecular formula is C23H20Cl2N2O4. The fourth-order valence-electron chi connectivity index (χ4n) is 2.97. The normalized spacial score (nSPS) is 11.0. The molecule has 0 radical (unpaired) electrons. The van der Waals surface area contributed by atoms with Crippen molar-refractivity contribution in [1.82, 2.24) is 9.97 Å². The summed E-state index contributed by atoms with van der Waals surface area (Å²) in [5.74, 6) is 1.05. The van der Waals surface area contributed by atoms with Crippen LogP contribution in [0.25, 0.3) is 6.08 Å². The van der Waals surface area contributed by atoms with Gasteiger partial charge in [-0.25, -0.2) is 4.98 Å². The summed E-state index contributed by atoms with van der Waals surface area (Å²) in [4.78, 5) is 31.3. The van der Waals surface area contributed by atoms with Crippen molar-refractivity contribution >= 4 is 35.1 Å². The van der Waals surface area contributed by atoms with Crippen molar-refractivity contribution in [2.45, 2.75) is 20.5 Å². The smallest absolute Gasteiger partial charge is 0.262 e. The molecule has 0 atom stereocenters.